The molecule has 0 aliphatic heterocycles. The molecule has 0 radical (unpaired) electrons. The summed E-state index contributed by atoms with van der Waals surface area (Å²) in [7, 11) is -2.43. The van der Waals surface area contributed by atoms with Crippen LogP contribution in [0.1, 0.15) is 24.6 Å². The van der Waals surface area contributed by atoms with Gasteiger partial charge in [0.15, 0.2) is 8.03 Å². The highest BCUT2D eigenvalue weighted by atomic mass is 31.1. The molecule has 0 spiro atoms. The first-order valence-electron chi connectivity index (χ1n) is 4.03. The lowest BCUT2D eigenvalue weighted by molar-refractivity contribution is 0.488. The molecular weight excluding hydrogens is 171 g/mol. The molecule has 0 heterocycles. The zero-order valence-electron chi connectivity index (χ0n) is 7.03. The van der Waals surface area contributed by atoms with Crippen LogP contribution in [0.15, 0.2) is 30.3 Å². The molecule has 2 unspecified atom stereocenters. The average molecular weight is 184 g/mol. The third kappa shape index (κ3) is 2.20. The normalized spacial score (nSPS) is 15.5. The minimum absolute atomic E-state index is 0.170. The summed E-state index contributed by atoms with van der Waals surface area (Å²) in [6, 6.07) is 9.48. The first-order valence-corrected chi connectivity index (χ1v) is 5.46. The second kappa shape index (κ2) is 4.44. The number of rotatable bonds is 3. The predicted octanol–water partition coefficient (Wildman–Crippen LogP) is 2.60. The first-order chi connectivity index (χ1) is 5.75. The zero-order valence-corrected chi connectivity index (χ0v) is 8.03. The maximum atomic E-state index is 10.9. The van der Waals surface area contributed by atoms with Crippen LogP contribution in [0.4, 0.5) is 0 Å². The predicted molar refractivity (Wildman–Crippen MR) is 50.7 cm³/mol. The summed E-state index contributed by atoms with van der Waals surface area (Å²) in [6.45, 7) is 1.93. The Morgan fingerprint density at radius 2 is 2.00 bits per heavy atom. The van der Waals surface area contributed by atoms with E-state index >= 15 is 0 Å². The zero-order chi connectivity index (χ0) is 8.97. The number of benzene rings is 1. The molecule has 0 saturated heterocycles. The molecule has 66 valence electrons. The van der Waals surface area contributed by atoms with E-state index in [1.165, 1.54) is 0 Å². The van der Waals surface area contributed by atoms with Gasteiger partial charge in [-0.25, -0.2) is 0 Å². The van der Waals surface area contributed by atoms with Crippen molar-refractivity contribution < 1.29 is 9.46 Å². The van der Waals surface area contributed by atoms with Crippen molar-refractivity contribution in [2.75, 3.05) is 0 Å². The van der Waals surface area contributed by atoms with Crippen LogP contribution in [0.2, 0.25) is 0 Å². The van der Waals surface area contributed by atoms with Gasteiger partial charge in [0.1, 0.15) is 0 Å². The number of hydrogen-bond donors (Lipinski definition) is 1. The maximum Gasteiger partial charge on any atom is 0.196 e. The molecule has 1 aromatic rings. The van der Waals surface area contributed by atoms with Crippen LogP contribution in [0.5, 0.6) is 0 Å². The number of hydrogen-bond acceptors (Lipinski definition) is 1. The SMILES string of the molecule is CCC(c1ccccc1)[PH](=O)O. The molecule has 0 aliphatic carbocycles. The highest BCUT2D eigenvalue weighted by molar-refractivity contribution is 7.38. The molecule has 0 bridgehead atoms. The van der Waals surface area contributed by atoms with Crippen molar-refractivity contribution in [2.45, 2.75) is 19.0 Å². The molecule has 0 fully saturated rings. The summed E-state index contributed by atoms with van der Waals surface area (Å²) >= 11 is 0. The molecule has 3 heteroatoms. The van der Waals surface area contributed by atoms with Crippen LogP contribution in [-0.2, 0) is 4.57 Å². The van der Waals surface area contributed by atoms with Gasteiger partial charge in [0, 0.05) is 0 Å². The molecule has 2 nitrogen and oxygen atoms in total. The second-order valence-electron chi connectivity index (χ2n) is 2.71. The molecule has 0 aliphatic rings. The van der Waals surface area contributed by atoms with Crippen LogP contribution < -0.4 is 0 Å². The van der Waals surface area contributed by atoms with E-state index in [1.54, 1.807) is 0 Å². The van der Waals surface area contributed by atoms with Gasteiger partial charge in [-0.3, -0.25) is 4.57 Å². The summed E-state index contributed by atoms with van der Waals surface area (Å²) in [5.74, 6) is 0. The third-order valence-electron chi connectivity index (χ3n) is 1.91. The fourth-order valence-corrected chi connectivity index (χ4v) is 2.07. The van der Waals surface area contributed by atoms with Crippen LogP contribution in [0.25, 0.3) is 0 Å². The van der Waals surface area contributed by atoms with E-state index in [0.29, 0.717) is 0 Å². The Kier molecular flexibility index (Phi) is 3.51. The highest BCUT2D eigenvalue weighted by Gasteiger charge is 2.13. The van der Waals surface area contributed by atoms with Crippen molar-refractivity contribution in [3.8, 4) is 0 Å². The van der Waals surface area contributed by atoms with Gasteiger partial charge in [-0.05, 0) is 12.0 Å². The largest absolute Gasteiger partial charge is 0.346 e. The molecule has 0 aromatic heterocycles. The first kappa shape index (κ1) is 9.50. The summed E-state index contributed by atoms with van der Waals surface area (Å²) in [4.78, 5) is 9.01. The quantitative estimate of drug-likeness (QED) is 0.733. The van der Waals surface area contributed by atoms with E-state index in [4.69, 9.17) is 4.89 Å². The van der Waals surface area contributed by atoms with Crippen LogP contribution in [0.3, 0.4) is 0 Å². The van der Waals surface area contributed by atoms with Gasteiger partial charge in [-0.1, -0.05) is 37.3 Å². The molecule has 12 heavy (non-hydrogen) atoms. The molecule has 1 aromatic carbocycles. The van der Waals surface area contributed by atoms with Gasteiger partial charge >= 0.3 is 0 Å². The van der Waals surface area contributed by atoms with Gasteiger partial charge < -0.3 is 4.89 Å². The van der Waals surface area contributed by atoms with E-state index in [2.05, 4.69) is 0 Å². The standard InChI is InChI=1S/C9H13O2P/c1-2-9(12(10)11)8-6-4-3-5-7-8/h3-7,9,12H,2H2,1H3,(H,10,11). The third-order valence-corrected chi connectivity index (χ3v) is 3.25. The van der Waals surface area contributed by atoms with E-state index in [1.807, 2.05) is 37.3 Å². The van der Waals surface area contributed by atoms with Crippen LogP contribution in [-0.4, -0.2) is 4.89 Å². The van der Waals surface area contributed by atoms with E-state index in [-0.39, 0.29) is 5.66 Å². The molecule has 2 atom stereocenters. The Bertz CT molecular complexity index is 258. The van der Waals surface area contributed by atoms with Gasteiger partial charge in [-0.15, -0.1) is 0 Å². The smallest absolute Gasteiger partial charge is 0.196 e. The summed E-state index contributed by atoms with van der Waals surface area (Å²) in [5, 5.41) is 0. The maximum absolute atomic E-state index is 10.9. The van der Waals surface area contributed by atoms with Crippen molar-refractivity contribution in [3.05, 3.63) is 35.9 Å². The van der Waals surface area contributed by atoms with Crippen molar-refractivity contribution >= 4 is 8.03 Å². The molecular formula is C9H13O2P. The van der Waals surface area contributed by atoms with Gasteiger partial charge in [0.25, 0.3) is 0 Å². The van der Waals surface area contributed by atoms with Crippen molar-refractivity contribution in [1.82, 2.24) is 0 Å². The van der Waals surface area contributed by atoms with Gasteiger partial charge in [0.05, 0.1) is 5.66 Å². The minimum atomic E-state index is -2.43. The Hall–Kier alpha value is -0.590. The summed E-state index contributed by atoms with van der Waals surface area (Å²) < 4.78 is 10.9. The van der Waals surface area contributed by atoms with Crippen LogP contribution in [0, 0.1) is 0 Å². The Morgan fingerprint density at radius 1 is 1.42 bits per heavy atom. The summed E-state index contributed by atoms with van der Waals surface area (Å²) in [5.41, 5.74) is 0.794. The minimum Gasteiger partial charge on any atom is -0.346 e. The van der Waals surface area contributed by atoms with Crippen molar-refractivity contribution in [1.29, 1.82) is 0 Å². The fourth-order valence-electron chi connectivity index (χ4n) is 1.24. The van der Waals surface area contributed by atoms with Crippen molar-refractivity contribution in [3.63, 3.8) is 0 Å². The lowest BCUT2D eigenvalue weighted by atomic mass is 10.1. The van der Waals surface area contributed by atoms with E-state index in [0.717, 1.165) is 12.0 Å². The second-order valence-corrected chi connectivity index (χ2v) is 4.08. The molecule has 1 N–H and O–H groups in total. The Labute approximate surface area is 73.1 Å². The fraction of sp³-hybridized carbons (Fsp3) is 0.333. The Balaban J connectivity index is 2.88. The van der Waals surface area contributed by atoms with E-state index < -0.39 is 8.03 Å². The van der Waals surface area contributed by atoms with E-state index in [9.17, 15) is 4.57 Å². The molecule has 0 saturated carbocycles. The molecule has 1 rings (SSSR count). The lowest BCUT2D eigenvalue weighted by Gasteiger charge is -2.10. The average Bonchev–Trinajstić information content (AvgIpc) is 2.07. The van der Waals surface area contributed by atoms with Gasteiger partial charge in [0.2, 0.25) is 0 Å². The summed E-state index contributed by atoms with van der Waals surface area (Å²) in [6.07, 6.45) is 0.721. The van der Waals surface area contributed by atoms with Crippen molar-refractivity contribution in [2.24, 2.45) is 0 Å². The Morgan fingerprint density at radius 3 is 2.42 bits per heavy atom. The lowest BCUT2D eigenvalue weighted by Crippen LogP contribution is -1.90. The highest BCUT2D eigenvalue weighted by Crippen LogP contribution is 2.39. The topological polar surface area (TPSA) is 37.3 Å². The van der Waals surface area contributed by atoms with Gasteiger partial charge in [-0.2, -0.15) is 0 Å². The van der Waals surface area contributed by atoms with Crippen LogP contribution >= 0.6 is 8.03 Å². The monoisotopic (exact) mass is 184 g/mol. The molecule has 0 amide bonds.